The number of esters is 1. The van der Waals surface area contributed by atoms with Crippen LogP contribution in [0.5, 0.6) is 0 Å². The van der Waals surface area contributed by atoms with Crippen molar-refractivity contribution in [3.8, 4) is 0 Å². The van der Waals surface area contributed by atoms with Crippen LogP contribution in [0.15, 0.2) is 24.3 Å². The minimum atomic E-state index is -1.21. The highest BCUT2D eigenvalue weighted by atomic mass is 32.2. The Hall–Kier alpha value is -1.69. The Labute approximate surface area is 107 Å². The maximum atomic E-state index is 11.5. The van der Waals surface area contributed by atoms with Crippen LogP contribution in [0.1, 0.15) is 22.3 Å². The summed E-state index contributed by atoms with van der Waals surface area (Å²) in [5.41, 5.74) is 1.23. The van der Waals surface area contributed by atoms with E-state index < -0.39 is 22.7 Å². The number of methoxy groups -OCH3 is 1. The Morgan fingerprint density at radius 1 is 1.28 bits per heavy atom. The van der Waals surface area contributed by atoms with Gasteiger partial charge in [0.15, 0.2) is 0 Å². The summed E-state index contributed by atoms with van der Waals surface area (Å²) in [7, 11) is 0.0951. The highest BCUT2D eigenvalue weighted by molar-refractivity contribution is 7.84. The first-order valence-electron chi connectivity index (χ1n) is 5.27. The molecule has 0 aliphatic rings. The van der Waals surface area contributed by atoms with Gasteiger partial charge in [-0.15, -0.1) is 0 Å². The zero-order valence-corrected chi connectivity index (χ0v) is 10.7. The number of carbonyl (C=O) groups excluding carboxylic acids is 1. The van der Waals surface area contributed by atoms with Crippen LogP contribution in [0.2, 0.25) is 0 Å². The smallest absolute Gasteiger partial charge is 0.337 e. The molecular weight excluding hydrogens is 256 g/mol. The maximum Gasteiger partial charge on any atom is 0.337 e. The number of hydrogen-bond donors (Lipinski definition) is 1. The van der Waals surface area contributed by atoms with Gasteiger partial charge in [0.1, 0.15) is 0 Å². The molecule has 0 heterocycles. The molecule has 1 N–H and O–H groups in total. The van der Waals surface area contributed by atoms with Crippen molar-refractivity contribution in [3.05, 3.63) is 35.4 Å². The molecule has 1 atom stereocenters. The molecule has 0 radical (unpaired) electrons. The normalized spacial score (nSPS) is 11.8. The van der Waals surface area contributed by atoms with Gasteiger partial charge in [-0.3, -0.25) is 9.00 Å². The van der Waals surface area contributed by atoms with E-state index in [4.69, 9.17) is 5.11 Å². The van der Waals surface area contributed by atoms with E-state index in [1.807, 2.05) is 0 Å². The summed E-state index contributed by atoms with van der Waals surface area (Å²) in [6.07, 6.45) is -0.104. The number of carboxylic acid groups (broad SMARTS) is 1. The molecular formula is C12H14O5S. The van der Waals surface area contributed by atoms with E-state index in [1.165, 1.54) is 7.11 Å². The number of carbonyl (C=O) groups is 2. The molecule has 0 aliphatic heterocycles. The summed E-state index contributed by atoms with van der Waals surface area (Å²) in [5, 5.41) is 8.47. The van der Waals surface area contributed by atoms with Gasteiger partial charge in [-0.2, -0.15) is 0 Å². The van der Waals surface area contributed by atoms with Crippen molar-refractivity contribution in [2.75, 3.05) is 12.9 Å². The molecule has 0 amide bonds. The predicted molar refractivity (Wildman–Crippen MR) is 66.7 cm³/mol. The average molecular weight is 270 g/mol. The summed E-state index contributed by atoms with van der Waals surface area (Å²) < 4.78 is 16.1. The zero-order valence-electron chi connectivity index (χ0n) is 9.92. The summed E-state index contributed by atoms with van der Waals surface area (Å²) >= 11 is 0. The van der Waals surface area contributed by atoms with Crippen molar-refractivity contribution < 1.29 is 23.6 Å². The Kier molecular flexibility index (Phi) is 5.51. The van der Waals surface area contributed by atoms with Crippen LogP contribution >= 0.6 is 0 Å². The second-order valence-corrected chi connectivity index (χ2v) is 5.20. The second-order valence-electron chi connectivity index (χ2n) is 3.62. The number of ether oxygens (including phenoxy) is 1. The fourth-order valence-corrected chi connectivity index (χ4v) is 2.42. The van der Waals surface area contributed by atoms with Gasteiger partial charge in [0, 0.05) is 22.3 Å². The molecule has 6 heteroatoms. The monoisotopic (exact) mass is 270 g/mol. The third-order valence-electron chi connectivity index (χ3n) is 2.25. The van der Waals surface area contributed by atoms with E-state index in [1.54, 1.807) is 24.3 Å². The van der Waals surface area contributed by atoms with Crippen molar-refractivity contribution in [1.82, 2.24) is 0 Å². The van der Waals surface area contributed by atoms with Gasteiger partial charge >= 0.3 is 11.9 Å². The lowest BCUT2D eigenvalue weighted by molar-refractivity contribution is -0.136. The lowest BCUT2D eigenvalue weighted by Crippen LogP contribution is -2.07. The number of rotatable bonds is 6. The van der Waals surface area contributed by atoms with Crippen LogP contribution < -0.4 is 0 Å². The number of carboxylic acids is 1. The van der Waals surface area contributed by atoms with Gasteiger partial charge in [-0.05, 0) is 17.7 Å². The van der Waals surface area contributed by atoms with Crippen LogP contribution in [0, 0.1) is 0 Å². The SMILES string of the molecule is COC(=O)c1ccc(CS(=O)CCC(=O)O)cc1. The number of aliphatic carboxylic acids is 1. The molecule has 0 saturated carbocycles. The average Bonchev–Trinajstić information content (AvgIpc) is 2.36. The molecule has 0 spiro atoms. The van der Waals surface area contributed by atoms with E-state index in [2.05, 4.69) is 4.74 Å². The molecule has 98 valence electrons. The van der Waals surface area contributed by atoms with E-state index in [0.717, 1.165) is 5.56 Å². The van der Waals surface area contributed by atoms with Gasteiger partial charge in [-0.25, -0.2) is 4.79 Å². The lowest BCUT2D eigenvalue weighted by atomic mass is 10.1. The van der Waals surface area contributed by atoms with Crippen molar-refractivity contribution in [1.29, 1.82) is 0 Å². The van der Waals surface area contributed by atoms with Crippen LogP contribution in [0.4, 0.5) is 0 Å². The standard InChI is InChI=1S/C12H14O5S/c1-17-12(15)10-4-2-9(3-5-10)8-18(16)7-6-11(13)14/h2-5H,6-8H2,1H3,(H,13,14). The summed E-state index contributed by atoms with van der Waals surface area (Å²) in [4.78, 5) is 21.5. The first kappa shape index (κ1) is 14.4. The molecule has 1 aromatic carbocycles. The van der Waals surface area contributed by atoms with Gasteiger partial charge in [0.25, 0.3) is 0 Å². The highest BCUT2D eigenvalue weighted by Gasteiger charge is 2.07. The first-order valence-corrected chi connectivity index (χ1v) is 6.75. The highest BCUT2D eigenvalue weighted by Crippen LogP contribution is 2.08. The van der Waals surface area contributed by atoms with Gasteiger partial charge < -0.3 is 9.84 Å². The maximum absolute atomic E-state index is 11.5. The Bertz CT molecular complexity index is 452. The Morgan fingerprint density at radius 3 is 2.39 bits per heavy atom. The molecule has 0 bridgehead atoms. The first-order chi connectivity index (χ1) is 8.52. The fraction of sp³-hybridized carbons (Fsp3) is 0.333. The molecule has 1 unspecified atom stereocenters. The van der Waals surface area contributed by atoms with Crippen molar-refractivity contribution in [2.45, 2.75) is 12.2 Å². The molecule has 0 saturated heterocycles. The number of hydrogen-bond acceptors (Lipinski definition) is 4. The Balaban J connectivity index is 2.55. The quantitative estimate of drug-likeness (QED) is 0.785. The van der Waals surface area contributed by atoms with Crippen LogP contribution in [-0.2, 0) is 26.1 Å². The summed E-state index contributed by atoms with van der Waals surface area (Å²) in [5.74, 6) is -0.957. The van der Waals surface area contributed by atoms with E-state index in [9.17, 15) is 13.8 Å². The van der Waals surface area contributed by atoms with E-state index in [-0.39, 0.29) is 17.9 Å². The van der Waals surface area contributed by atoms with Crippen LogP contribution in [-0.4, -0.2) is 34.1 Å². The van der Waals surface area contributed by atoms with Crippen molar-refractivity contribution in [2.24, 2.45) is 0 Å². The van der Waals surface area contributed by atoms with Gasteiger partial charge in [-0.1, -0.05) is 12.1 Å². The molecule has 0 aromatic heterocycles. The molecule has 5 nitrogen and oxygen atoms in total. The molecule has 1 rings (SSSR count). The van der Waals surface area contributed by atoms with Crippen LogP contribution in [0.3, 0.4) is 0 Å². The zero-order chi connectivity index (χ0) is 13.5. The largest absolute Gasteiger partial charge is 0.481 e. The lowest BCUT2D eigenvalue weighted by Gasteiger charge is -2.03. The molecule has 0 fully saturated rings. The van der Waals surface area contributed by atoms with E-state index >= 15 is 0 Å². The van der Waals surface area contributed by atoms with E-state index in [0.29, 0.717) is 5.56 Å². The third kappa shape index (κ3) is 4.67. The van der Waals surface area contributed by atoms with Crippen LogP contribution in [0.25, 0.3) is 0 Å². The molecule has 1 aromatic rings. The third-order valence-corrected chi connectivity index (χ3v) is 3.56. The predicted octanol–water partition coefficient (Wildman–Crippen LogP) is 1.20. The summed E-state index contributed by atoms with van der Waals surface area (Å²) in [6, 6.07) is 6.56. The Morgan fingerprint density at radius 2 is 1.89 bits per heavy atom. The van der Waals surface area contributed by atoms with Gasteiger partial charge in [0.05, 0.1) is 19.1 Å². The van der Waals surface area contributed by atoms with Gasteiger partial charge in [0.2, 0.25) is 0 Å². The molecule has 0 aliphatic carbocycles. The summed E-state index contributed by atoms with van der Waals surface area (Å²) in [6.45, 7) is 0. The molecule has 18 heavy (non-hydrogen) atoms. The fourth-order valence-electron chi connectivity index (χ4n) is 1.31. The van der Waals surface area contributed by atoms with Crippen molar-refractivity contribution in [3.63, 3.8) is 0 Å². The second kappa shape index (κ2) is 6.90. The minimum Gasteiger partial charge on any atom is -0.481 e. The minimum absolute atomic E-state index is 0.104. The van der Waals surface area contributed by atoms with Crippen molar-refractivity contribution >= 4 is 22.7 Å². The topological polar surface area (TPSA) is 80.7 Å². The number of benzene rings is 1.